The van der Waals surface area contributed by atoms with Gasteiger partial charge in [-0.1, -0.05) is 26.2 Å². The third-order valence-electron chi connectivity index (χ3n) is 4.02. The minimum atomic E-state index is -0.613. The van der Waals surface area contributed by atoms with Gasteiger partial charge in [0.05, 0.1) is 4.92 Å². The molecule has 1 aromatic heterocycles. The van der Waals surface area contributed by atoms with Crippen molar-refractivity contribution < 1.29 is 9.72 Å². The first-order valence-corrected chi connectivity index (χ1v) is 7.20. The van der Waals surface area contributed by atoms with Gasteiger partial charge >= 0.3 is 0 Å². The van der Waals surface area contributed by atoms with E-state index >= 15 is 0 Å². The third kappa shape index (κ3) is 3.68. The molecule has 2 atom stereocenters. The number of aromatic nitrogens is 1. The molecule has 0 aromatic carbocycles. The van der Waals surface area contributed by atoms with Gasteiger partial charge in [-0.25, -0.2) is 4.98 Å². The Balaban J connectivity index is 2.19. The number of nitrogen functional groups attached to an aromatic ring is 1. The van der Waals surface area contributed by atoms with E-state index in [1.807, 2.05) is 0 Å². The number of hydrogen-bond acceptors (Lipinski definition) is 5. The molecular formula is C14H20N4O3. The highest BCUT2D eigenvalue weighted by molar-refractivity contribution is 5.98. The van der Waals surface area contributed by atoms with Crippen molar-refractivity contribution >= 4 is 17.4 Å². The Kier molecular flexibility index (Phi) is 4.72. The minimum Gasteiger partial charge on any atom is -0.384 e. The number of pyridine rings is 1. The van der Waals surface area contributed by atoms with Gasteiger partial charge in [-0.15, -0.1) is 0 Å². The van der Waals surface area contributed by atoms with Crippen molar-refractivity contribution in [3.8, 4) is 0 Å². The molecule has 0 aliphatic heterocycles. The van der Waals surface area contributed by atoms with Gasteiger partial charge < -0.3 is 11.1 Å². The van der Waals surface area contributed by atoms with Crippen LogP contribution in [0.3, 0.4) is 0 Å². The van der Waals surface area contributed by atoms with Crippen LogP contribution in [0.5, 0.6) is 0 Å². The highest BCUT2D eigenvalue weighted by atomic mass is 16.6. The van der Waals surface area contributed by atoms with Gasteiger partial charge in [-0.05, 0) is 24.8 Å². The van der Waals surface area contributed by atoms with E-state index in [9.17, 15) is 14.9 Å². The smallest absolute Gasteiger partial charge is 0.300 e. The second kappa shape index (κ2) is 6.51. The average Bonchev–Trinajstić information content (AvgIpc) is 2.63. The van der Waals surface area contributed by atoms with E-state index in [1.54, 1.807) is 0 Å². The zero-order valence-corrected chi connectivity index (χ0v) is 12.0. The highest BCUT2D eigenvalue weighted by Crippen LogP contribution is 2.24. The Labute approximate surface area is 123 Å². The fourth-order valence-electron chi connectivity index (χ4n) is 2.75. The summed E-state index contributed by atoms with van der Waals surface area (Å²) in [6, 6.07) is 1.31. The molecule has 1 saturated carbocycles. The van der Waals surface area contributed by atoms with Crippen molar-refractivity contribution in [3.63, 3.8) is 0 Å². The number of anilines is 1. The molecule has 7 nitrogen and oxygen atoms in total. The lowest BCUT2D eigenvalue weighted by molar-refractivity contribution is -0.385. The summed E-state index contributed by atoms with van der Waals surface area (Å²) in [5.74, 6) is 0.0175. The monoisotopic (exact) mass is 292 g/mol. The second-order valence-electron chi connectivity index (χ2n) is 5.58. The van der Waals surface area contributed by atoms with Crippen LogP contribution in [-0.2, 0) is 0 Å². The van der Waals surface area contributed by atoms with Gasteiger partial charge in [0.15, 0.2) is 0 Å². The fourth-order valence-corrected chi connectivity index (χ4v) is 2.75. The normalized spacial score (nSPS) is 22.3. The number of rotatable bonds is 3. The summed E-state index contributed by atoms with van der Waals surface area (Å²) in [6.07, 6.45) is 6.39. The molecule has 1 aliphatic rings. The number of nitrogens with two attached hydrogens (primary N) is 1. The molecule has 3 N–H and O–H groups in total. The van der Waals surface area contributed by atoms with E-state index in [0.29, 0.717) is 5.92 Å². The predicted molar refractivity (Wildman–Crippen MR) is 78.8 cm³/mol. The lowest BCUT2D eigenvalue weighted by Crippen LogP contribution is -2.39. The number of carbonyl (C=O) groups is 1. The number of nitro groups is 1. The van der Waals surface area contributed by atoms with Crippen molar-refractivity contribution in [3.05, 3.63) is 27.9 Å². The van der Waals surface area contributed by atoms with Crippen molar-refractivity contribution in [1.82, 2.24) is 10.3 Å². The molecule has 0 spiro atoms. The third-order valence-corrected chi connectivity index (χ3v) is 4.02. The molecule has 1 aromatic rings. The van der Waals surface area contributed by atoms with Gasteiger partial charge in [0, 0.05) is 6.04 Å². The molecule has 114 valence electrons. The molecule has 0 saturated heterocycles. The molecule has 2 rings (SSSR count). The molecule has 1 amide bonds. The maximum Gasteiger partial charge on any atom is 0.300 e. The van der Waals surface area contributed by atoms with E-state index in [4.69, 9.17) is 5.73 Å². The molecule has 0 bridgehead atoms. The van der Waals surface area contributed by atoms with E-state index in [-0.39, 0.29) is 23.1 Å². The van der Waals surface area contributed by atoms with Crippen LogP contribution in [0.1, 0.15) is 49.4 Å². The molecule has 0 radical (unpaired) electrons. The van der Waals surface area contributed by atoms with Crippen LogP contribution >= 0.6 is 0 Å². The zero-order valence-electron chi connectivity index (χ0n) is 12.0. The van der Waals surface area contributed by atoms with E-state index < -0.39 is 10.8 Å². The quantitative estimate of drug-likeness (QED) is 0.504. The van der Waals surface area contributed by atoms with Crippen LogP contribution < -0.4 is 11.1 Å². The van der Waals surface area contributed by atoms with Gasteiger partial charge in [0.25, 0.3) is 11.6 Å². The van der Waals surface area contributed by atoms with E-state index in [0.717, 1.165) is 31.9 Å². The van der Waals surface area contributed by atoms with Crippen molar-refractivity contribution in [2.24, 2.45) is 5.92 Å². The summed E-state index contributed by atoms with van der Waals surface area (Å²) < 4.78 is 0. The summed E-state index contributed by atoms with van der Waals surface area (Å²) >= 11 is 0. The number of amides is 1. The van der Waals surface area contributed by atoms with Crippen molar-refractivity contribution in [2.75, 3.05) is 5.73 Å². The van der Waals surface area contributed by atoms with Gasteiger partial charge in [0.1, 0.15) is 17.6 Å². The Bertz CT molecular complexity index is 547. The van der Waals surface area contributed by atoms with Crippen molar-refractivity contribution in [2.45, 2.75) is 45.1 Å². The van der Waals surface area contributed by atoms with Gasteiger partial charge in [-0.2, -0.15) is 0 Å². The molecule has 2 unspecified atom stereocenters. The first-order chi connectivity index (χ1) is 9.99. The predicted octanol–water partition coefficient (Wildman–Crippen LogP) is 2.27. The first-order valence-electron chi connectivity index (χ1n) is 7.20. The van der Waals surface area contributed by atoms with Crippen LogP contribution in [0.15, 0.2) is 12.3 Å². The maximum atomic E-state index is 12.3. The van der Waals surface area contributed by atoms with Crippen LogP contribution in [0.2, 0.25) is 0 Å². The molecule has 1 heterocycles. The summed E-state index contributed by atoms with van der Waals surface area (Å²) in [4.78, 5) is 26.4. The lowest BCUT2D eigenvalue weighted by Gasteiger charge is -2.22. The Morgan fingerprint density at radius 1 is 1.43 bits per heavy atom. The van der Waals surface area contributed by atoms with Gasteiger partial charge in [-0.3, -0.25) is 14.9 Å². The summed E-state index contributed by atoms with van der Waals surface area (Å²) in [5, 5.41) is 13.9. The topological polar surface area (TPSA) is 111 Å². The Morgan fingerprint density at radius 3 is 2.86 bits per heavy atom. The number of nitrogens with one attached hydrogen (secondary N) is 1. The molecule has 1 fully saturated rings. The number of hydrogen-bond donors (Lipinski definition) is 2. The van der Waals surface area contributed by atoms with Crippen LogP contribution in [0.25, 0.3) is 0 Å². The van der Waals surface area contributed by atoms with E-state index in [1.165, 1.54) is 12.5 Å². The molecule has 21 heavy (non-hydrogen) atoms. The molecular weight excluding hydrogens is 272 g/mol. The van der Waals surface area contributed by atoms with Crippen molar-refractivity contribution in [1.29, 1.82) is 0 Å². The largest absolute Gasteiger partial charge is 0.384 e. The Hall–Kier alpha value is -2.18. The second-order valence-corrected chi connectivity index (χ2v) is 5.58. The van der Waals surface area contributed by atoms with Gasteiger partial charge in [0.2, 0.25) is 0 Å². The number of nitrogens with zero attached hydrogens (tertiary/aromatic N) is 2. The van der Waals surface area contributed by atoms with Crippen LogP contribution in [-0.4, -0.2) is 21.9 Å². The highest BCUT2D eigenvalue weighted by Gasteiger charge is 2.26. The summed E-state index contributed by atoms with van der Waals surface area (Å²) in [6.45, 7) is 2.10. The number of carbonyl (C=O) groups excluding carboxylic acids is 1. The summed E-state index contributed by atoms with van der Waals surface area (Å²) in [5.41, 5.74) is 5.20. The molecule has 7 heteroatoms. The van der Waals surface area contributed by atoms with Crippen LogP contribution in [0, 0.1) is 16.0 Å². The summed E-state index contributed by atoms with van der Waals surface area (Å²) in [7, 11) is 0. The van der Waals surface area contributed by atoms with E-state index in [2.05, 4.69) is 17.2 Å². The standard InChI is InChI=1S/C14H20N4O3/c1-9-5-3-2-4-6-11(9)17-14(19)10-7-13(15)16-8-12(10)18(20)21/h7-9,11H,2-6H2,1H3,(H2,15,16)(H,17,19). The minimum absolute atomic E-state index is 0.0241. The van der Waals surface area contributed by atoms with Crippen LogP contribution in [0.4, 0.5) is 11.5 Å². The Morgan fingerprint density at radius 2 is 2.14 bits per heavy atom. The lowest BCUT2D eigenvalue weighted by atomic mass is 9.96. The zero-order chi connectivity index (χ0) is 15.4. The first kappa shape index (κ1) is 15.2. The maximum absolute atomic E-state index is 12.3. The SMILES string of the molecule is CC1CCCCCC1NC(=O)c1cc(N)ncc1[N+](=O)[O-]. The average molecular weight is 292 g/mol. The molecule has 1 aliphatic carbocycles. The fraction of sp³-hybridized carbons (Fsp3) is 0.571.